The third kappa shape index (κ3) is 5.56. The summed E-state index contributed by atoms with van der Waals surface area (Å²) in [5.41, 5.74) is 4.74. The van der Waals surface area contributed by atoms with Crippen molar-refractivity contribution in [3.05, 3.63) is 72.2 Å². The van der Waals surface area contributed by atoms with Gasteiger partial charge >= 0.3 is 0 Å². The van der Waals surface area contributed by atoms with Crippen molar-refractivity contribution in [3.8, 4) is 34.2 Å². The van der Waals surface area contributed by atoms with Gasteiger partial charge < -0.3 is 23.8 Å². The Morgan fingerprint density at radius 2 is 1.70 bits per heavy atom. The molecule has 4 aromatic rings. The van der Waals surface area contributed by atoms with Gasteiger partial charge in [0.25, 0.3) is 0 Å². The normalized spacial score (nSPS) is 13.9. The average molecular weight is 500 g/mol. The average Bonchev–Trinajstić information content (AvgIpc) is 3.56. The van der Waals surface area contributed by atoms with Crippen LogP contribution in [0.2, 0.25) is 0 Å². The molecule has 0 radical (unpaired) electrons. The summed E-state index contributed by atoms with van der Waals surface area (Å²) >= 11 is 0. The van der Waals surface area contributed by atoms with Gasteiger partial charge in [-0.05, 0) is 31.9 Å². The van der Waals surface area contributed by atoms with Gasteiger partial charge in [0.05, 0.1) is 32.7 Å². The molecule has 2 heterocycles. The molecule has 0 spiro atoms. The molecule has 1 aliphatic carbocycles. The van der Waals surface area contributed by atoms with Gasteiger partial charge in [-0.1, -0.05) is 49.1 Å². The van der Waals surface area contributed by atoms with Gasteiger partial charge in [-0.25, -0.2) is 4.98 Å². The number of rotatable bonds is 8. The zero-order valence-corrected chi connectivity index (χ0v) is 21.6. The van der Waals surface area contributed by atoms with Gasteiger partial charge in [-0.3, -0.25) is 4.79 Å². The first-order valence-corrected chi connectivity index (χ1v) is 12.8. The number of nitrogens with zero attached hydrogens (tertiary/aromatic N) is 2. The van der Waals surface area contributed by atoms with E-state index in [1.807, 2.05) is 18.5 Å². The summed E-state index contributed by atoms with van der Waals surface area (Å²) in [7, 11) is 3.15. The maximum absolute atomic E-state index is 12.8. The number of amides is 1. The highest BCUT2D eigenvalue weighted by Crippen LogP contribution is 2.38. The fourth-order valence-electron chi connectivity index (χ4n) is 5.01. The number of anilines is 1. The van der Waals surface area contributed by atoms with Crippen molar-refractivity contribution in [1.29, 1.82) is 0 Å². The molecule has 0 atom stereocenters. The van der Waals surface area contributed by atoms with Crippen molar-refractivity contribution in [2.24, 2.45) is 0 Å². The number of ether oxygens (including phenoxy) is 2. The first-order valence-electron chi connectivity index (χ1n) is 12.8. The van der Waals surface area contributed by atoms with Crippen LogP contribution in [-0.4, -0.2) is 29.7 Å². The Labute approximate surface area is 217 Å². The minimum atomic E-state index is -0.184. The van der Waals surface area contributed by atoms with Crippen molar-refractivity contribution in [2.75, 3.05) is 19.5 Å². The van der Waals surface area contributed by atoms with E-state index in [9.17, 15) is 4.79 Å². The van der Waals surface area contributed by atoms with E-state index in [1.165, 1.54) is 24.8 Å². The van der Waals surface area contributed by atoms with E-state index < -0.39 is 0 Å². The van der Waals surface area contributed by atoms with Crippen LogP contribution in [0, 0.1) is 6.92 Å². The summed E-state index contributed by atoms with van der Waals surface area (Å²) in [4.78, 5) is 17.7. The van der Waals surface area contributed by atoms with E-state index in [4.69, 9.17) is 18.9 Å². The zero-order valence-electron chi connectivity index (χ0n) is 21.6. The van der Waals surface area contributed by atoms with Crippen molar-refractivity contribution in [1.82, 2.24) is 9.55 Å². The van der Waals surface area contributed by atoms with Crippen LogP contribution in [0.15, 0.2) is 65.3 Å². The van der Waals surface area contributed by atoms with Crippen LogP contribution < -0.4 is 14.8 Å². The molecule has 1 saturated carbocycles. The second-order valence-electron chi connectivity index (χ2n) is 9.60. The number of furan rings is 1. The molecule has 1 N–H and O–H groups in total. The van der Waals surface area contributed by atoms with Crippen LogP contribution in [0.4, 0.5) is 5.69 Å². The Kier molecular flexibility index (Phi) is 7.30. The van der Waals surface area contributed by atoms with Gasteiger partial charge in [-0.15, -0.1) is 0 Å². The lowest BCUT2D eigenvalue weighted by molar-refractivity contribution is -0.115. The van der Waals surface area contributed by atoms with Crippen LogP contribution in [0.5, 0.6) is 11.5 Å². The minimum Gasteiger partial charge on any atom is -0.497 e. The smallest absolute Gasteiger partial charge is 0.231 e. The standard InChI is InChI=1S/C30H33N3O4/c1-20-9-11-21(12-10-20)29-30(33(19-31-29)23-7-5-4-6-8-23)27-14-13-24(37-27)18-28(34)32-22-15-25(35-2)17-26(16-22)36-3/h9-17,19,23H,4-8,18H2,1-3H3,(H,32,34). The molecule has 1 fully saturated rings. The number of nitrogens with one attached hydrogen (secondary N) is 1. The number of hydrogen-bond donors (Lipinski definition) is 1. The fourth-order valence-corrected chi connectivity index (χ4v) is 5.01. The lowest BCUT2D eigenvalue weighted by Crippen LogP contribution is -2.14. The molecule has 192 valence electrons. The van der Waals surface area contributed by atoms with E-state index in [0.717, 1.165) is 35.6 Å². The van der Waals surface area contributed by atoms with Crippen LogP contribution in [-0.2, 0) is 11.2 Å². The SMILES string of the molecule is COc1cc(NC(=O)Cc2ccc(-c3c(-c4ccc(C)cc4)ncn3C3CCCCC3)o2)cc(OC)c1. The number of benzene rings is 2. The Hall–Kier alpha value is -4.00. The highest BCUT2D eigenvalue weighted by molar-refractivity contribution is 5.92. The molecule has 1 amide bonds. The third-order valence-electron chi connectivity index (χ3n) is 6.95. The number of imidazole rings is 1. The summed E-state index contributed by atoms with van der Waals surface area (Å²) in [5.74, 6) is 2.35. The van der Waals surface area contributed by atoms with E-state index >= 15 is 0 Å². The molecule has 2 aromatic carbocycles. The van der Waals surface area contributed by atoms with Crippen molar-refractivity contribution in [3.63, 3.8) is 0 Å². The number of hydrogen-bond acceptors (Lipinski definition) is 5. The van der Waals surface area contributed by atoms with Gasteiger partial charge in [0, 0.05) is 35.5 Å². The lowest BCUT2D eigenvalue weighted by Gasteiger charge is -2.24. The molecule has 1 aliphatic rings. The largest absolute Gasteiger partial charge is 0.497 e. The molecule has 7 heteroatoms. The highest BCUT2D eigenvalue weighted by atomic mass is 16.5. The Morgan fingerprint density at radius 1 is 1.00 bits per heavy atom. The third-order valence-corrected chi connectivity index (χ3v) is 6.95. The van der Waals surface area contributed by atoms with E-state index in [-0.39, 0.29) is 12.3 Å². The first kappa shape index (κ1) is 24.7. The van der Waals surface area contributed by atoms with Crippen molar-refractivity contribution < 1.29 is 18.7 Å². The van der Waals surface area contributed by atoms with E-state index in [0.29, 0.717) is 29.0 Å². The number of methoxy groups -OCH3 is 2. The van der Waals surface area contributed by atoms with Crippen molar-refractivity contribution in [2.45, 2.75) is 51.5 Å². The van der Waals surface area contributed by atoms with Crippen LogP contribution >= 0.6 is 0 Å². The summed E-state index contributed by atoms with van der Waals surface area (Å²) in [5, 5.41) is 2.91. The van der Waals surface area contributed by atoms with Crippen LogP contribution in [0.25, 0.3) is 22.7 Å². The Bertz CT molecular complexity index is 1340. The van der Waals surface area contributed by atoms with Crippen LogP contribution in [0.1, 0.15) is 49.5 Å². The second-order valence-corrected chi connectivity index (χ2v) is 9.60. The summed E-state index contributed by atoms with van der Waals surface area (Å²) in [6, 6.07) is 17.9. The number of carbonyl (C=O) groups excluding carboxylic acids is 1. The maximum Gasteiger partial charge on any atom is 0.231 e. The fraction of sp³-hybridized carbons (Fsp3) is 0.333. The molecule has 7 nitrogen and oxygen atoms in total. The topological polar surface area (TPSA) is 78.5 Å². The zero-order chi connectivity index (χ0) is 25.8. The molecule has 0 saturated heterocycles. The molecule has 5 rings (SSSR count). The number of carbonyl (C=O) groups is 1. The highest BCUT2D eigenvalue weighted by Gasteiger charge is 2.24. The molecule has 37 heavy (non-hydrogen) atoms. The monoisotopic (exact) mass is 499 g/mol. The molecule has 0 bridgehead atoms. The molecular weight excluding hydrogens is 466 g/mol. The number of aryl methyl sites for hydroxylation is 1. The van der Waals surface area contributed by atoms with Gasteiger partial charge in [0.15, 0.2) is 5.76 Å². The maximum atomic E-state index is 12.8. The first-order chi connectivity index (χ1) is 18.0. The molecule has 0 unspecified atom stereocenters. The van der Waals surface area contributed by atoms with Crippen molar-refractivity contribution >= 4 is 11.6 Å². The number of aromatic nitrogens is 2. The Morgan fingerprint density at radius 3 is 2.38 bits per heavy atom. The second kappa shape index (κ2) is 10.9. The summed E-state index contributed by atoms with van der Waals surface area (Å²) < 4.78 is 19.1. The van der Waals surface area contributed by atoms with E-state index in [1.54, 1.807) is 32.4 Å². The van der Waals surface area contributed by atoms with E-state index in [2.05, 4.69) is 41.1 Å². The van der Waals surface area contributed by atoms with Crippen LogP contribution in [0.3, 0.4) is 0 Å². The minimum absolute atomic E-state index is 0.108. The predicted octanol–water partition coefficient (Wildman–Crippen LogP) is 6.82. The van der Waals surface area contributed by atoms with Gasteiger partial charge in [0.2, 0.25) is 5.91 Å². The molecular formula is C30H33N3O4. The summed E-state index contributed by atoms with van der Waals surface area (Å²) in [6.07, 6.45) is 8.06. The Balaban J connectivity index is 1.41. The lowest BCUT2D eigenvalue weighted by atomic mass is 9.95. The van der Waals surface area contributed by atoms with Gasteiger partial charge in [-0.2, -0.15) is 0 Å². The molecule has 2 aromatic heterocycles. The van der Waals surface area contributed by atoms with Gasteiger partial charge in [0.1, 0.15) is 23.0 Å². The molecule has 0 aliphatic heterocycles. The summed E-state index contributed by atoms with van der Waals surface area (Å²) in [6.45, 7) is 2.08. The quantitative estimate of drug-likeness (QED) is 0.288. The predicted molar refractivity (Wildman–Crippen MR) is 144 cm³/mol.